The first-order valence-corrected chi connectivity index (χ1v) is 10.7. The fourth-order valence-electron chi connectivity index (χ4n) is 3.21. The third-order valence-corrected chi connectivity index (χ3v) is 6.09. The molecular formula is C20H25ClN4O2S. The monoisotopic (exact) mass is 420 g/mol. The molecule has 8 heteroatoms. The molecule has 28 heavy (non-hydrogen) atoms. The van der Waals surface area contributed by atoms with Gasteiger partial charge in [-0.05, 0) is 44.4 Å². The number of nitrogens with one attached hydrogen (secondary N) is 1. The van der Waals surface area contributed by atoms with Gasteiger partial charge in [-0.3, -0.25) is 4.79 Å². The van der Waals surface area contributed by atoms with Crippen LogP contribution < -0.4 is 5.32 Å². The van der Waals surface area contributed by atoms with Crippen LogP contribution in [-0.4, -0.2) is 52.9 Å². The zero-order chi connectivity index (χ0) is 20.1. The van der Waals surface area contributed by atoms with E-state index in [9.17, 15) is 9.59 Å². The van der Waals surface area contributed by atoms with Gasteiger partial charge in [-0.25, -0.2) is 9.78 Å². The van der Waals surface area contributed by atoms with Gasteiger partial charge in [0.05, 0.1) is 10.7 Å². The smallest absolute Gasteiger partial charge is 0.321 e. The average molecular weight is 421 g/mol. The number of carbonyl (C=O) groups excluding carboxylic acids is 2. The van der Waals surface area contributed by atoms with Gasteiger partial charge in [0.2, 0.25) is 0 Å². The molecule has 1 aromatic carbocycles. The Morgan fingerprint density at radius 1 is 1.21 bits per heavy atom. The van der Waals surface area contributed by atoms with Gasteiger partial charge < -0.3 is 15.1 Å². The number of hydrogen-bond acceptors (Lipinski definition) is 4. The maximum Gasteiger partial charge on any atom is 0.321 e. The lowest BCUT2D eigenvalue weighted by molar-refractivity contribution is 0.0766. The summed E-state index contributed by atoms with van der Waals surface area (Å²) in [6.07, 6.45) is 2.66. The Labute approximate surface area is 174 Å². The van der Waals surface area contributed by atoms with E-state index >= 15 is 0 Å². The van der Waals surface area contributed by atoms with Crippen molar-refractivity contribution in [3.8, 4) is 0 Å². The number of rotatable bonds is 4. The second kappa shape index (κ2) is 9.39. The maximum atomic E-state index is 13.0. The lowest BCUT2D eigenvalue weighted by atomic mass is 10.3. The van der Waals surface area contributed by atoms with E-state index in [4.69, 9.17) is 11.6 Å². The van der Waals surface area contributed by atoms with E-state index in [2.05, 4.69) is 17.2 Å². The highest BCUT2D eigenvalue weighted by molar-refractivity contribution is 7.13. The third kappa shape index (κ3) is 5.02. The van der Waals surface area contributed by atoms with Crippen LogP contribution in [0.5, 0.6) is 0 Å². The number of urea groups is 1. The summed E-state index contributed by atoms with van der Waals surface area (Å²) in [6.45, 7) is 6.26. The van der Waals surface area contributed by atoms with Gasteiger partial charge in [0.15, 0.2) is 0 Å². The molecule has 1 fully saturated rings. The lowest BCUT2D eigenvalue weighted by Crippen LogP contribution is -2.39. The SMILES string of the molecule is CCCc1nc(C)c(C(=O)N2CCCN(C(=O)Nc3cccc(Cl)c3)CC2)s1. The van der Waals surface area contributed by atoms with Crippen LogP contribution in [0.4, 0.5) is 10.5 Å². The summed E-state index contributed by atoms with van der Waals surface area (Å²) in [4.78, 5) is 34.4. The molecule has 0 saturated carbocycles. The van der Waals surface area contributed by atoms with Gasteiger partial charge in [0.25, 0.3) is 5.91 Å². The predicted molar refractivity (Wildman–Crippen MR) is 113 cm³/mol. The fraction of sp³-hybridized carbons (Fsp3) is 0.450. The lowest BCUT2D eigenvalue weighted by Gasteiger charge is -2.22. The van der Waals surface area contributed by atoms with Crippen LogP contribution in [0, 0.1) is 6.92 Å². The van der Waals surface area contributed by atoms with Crippen molar-refractivity contribution in [2.24, 2.45) is 0 Å². The number of aryl methyl sites for hydroxylation is 2. The Morgan fingerprint density at radius 3 is 2.71 bits per heavy atom. The Hall–Kier alpha value is -2.12. The molecule has 2 aromatic rings. The minimum Gasteiger partial charge on any atom is -0.336 e. The van der Waals surface area contributed by atoms with Crippen molar-refractivity contribution < 1.29 is 9.59 Å². The van der Waals surface area contributed by atoms with Crippen LogP contribution in [0.1, 0.15) is 40.1 Å². The second-order valence-electron chi connectivity index (χ2n) is 6.85. The minimum absolute atomic E-state index is 0.0226. The molecule has 3 rings (SSSR count). The number of nitrogens with zero attached hydrogens (tertiary/aromatic N) is 3. The maximum absolute atomic E-state index is 13.0. The summed E-state index contributed by atoms with van der Waals surface area (Å²) in [7, 11) is 0. The highest BCUT2D eigenvalue weighted by Crippen LogP contribution is 2.22. The van der Waals surface area contributed by atoms with Gasteiger partial charge in [-0.2, -0.15) is 0 Å². The predicted octanol–water partition coefficient (Wildman–Crippen LogP) is 4.44. The van der Waals surface area contributed by atoms with E-state index in [0.717, 1.165) is 34.8 Å². The normalized spacial score (nSPS) is 14.7. The van der Waals surface area contributed by atoms with E-state index in [1.807, 2.05) is 11.8 Å². The minimum atomic E-state index is -0.171. The van der Waals surface area contributed by atoms with Gasteiger partial charge in [-0.1, -0.05) is 24.6 Å². The Morgan fingerprint density at radius 2 is 1.96 bits per heavy atom. The average Bonchev–Trinajstić information content (AvgIpc) is 2.87. The molecule has 1 aliphatic rings. The van der Waals surface area contributed by atoms with Gasteiger partial charge in [-0.15, -0.1) is 11.3 Å². The Balaban J connectivity index is 1.61. The van der Waals surface area contributed by atoms with Crippen molar-refractivity contribution in [1.82, 2.24) is 14.8 Å². The molecule has 0 unspecified atom stereocenters. The molecule has 150 valence electrons. The zero-order valence-electron chi connectivity index (χ0n) is 16.2. The molecule has 6 nitrogen and oxygen atoms in total. The van der Waals surface area contributed by atoms with Crippen molar-refractivity contribution in [2.45, 2.75) is 33.1 Å². The van der Waals surface area contributed by atoms with Crippen LogP contribution in [0.3, 0.4) is 0 Å². The summed E-state index contributed by atoms with van der Waals surface area (Å²) in [5, 5.41) is 4.46. The van der Waals surface area contributed by atoms with Crippen molar-refractivity contribution in [3.63, 3.8) is 0 Å². The third-order valence-electron chi connectivity index (χ3n) is 4.65. The summed E-state index contributed by atoms with van der Waals surface area (Å²) < 4.78 is 0. The molecule has 1 aromatic heterocycles. The Kier molecular flexibility index (Phi) is 6.91. The highest BCUT2D eigenvalue weighted by atomic mass is 35.5. The molecule has 0 atom stereocenters. The fourth-order valence-corrected chi connectivity index (χ4v) is 4.53. The number of amides is 3. The molecule has 2 heterocycles. The van der Waals surface area contributed by atoms with Crippen LogP contribution in [0.25, 0.3) is 0 Å². The summed E-state index contributed by atoms with van der Waals surface area (Å²) in [5.41, 5.74) is 1.47. The molecule has 0 radical (unpaired) electrons. The number of halogens is 1. The number of aromatic nitrogens is 1. The first-order chi connectivity index (χ1) is 13.5. The number of benzene rings is 1. The number of hydrogen-bond donors (Lipinski definition) is 1. The molecule has 0 spiro atoms. The molecule has 3 amide bonds. The van der Waals surface area contributed by atoms with E-state index in [0.29, 0.717) is 36.9 Å². The number of anilines is 1. The Bertz CT molecular complexity index is 854. The van der Waals surface area contributed by atoms with E-state index in [-0.39, 0.29) is 11.9 Å². The van der Waals surface area contributed by atoms with Crippen molar-refractivity contribution in [1.29, 1.82) is 0 Å². The topological polar surface area (TPSA) is 65.5 Å². The molecule has 1 saturated heterocycles. The molecular weight excluding hydrogens is 396 g/mol. The van der Waals surface area contributed by atoms with E-state index in [1.54, 1.807) is 29.2 Å². The summed E-state index contributed by atoms with van der Waals surface area (Å²) in [5.74, 6) is 0.0226. The molecule has 1 N–H and O–H groups in total. The largest absolute Gasteiger partial charge is 0.336 e. The zero-order valence-corrected chi connectivity index (χ0v) is 17.8. The van der Waals surface area contributed by atoms with Gasteiger partial charge >= 0.3 is 6.03 Å². The summed E-state index contributed by atoms with van der Waals surface area (Å²) in [6, 6.07) is 6.91. The van der Waals surface area contributed by atoms with E-state index < -0.39 is 0 Å². The first-order valence-electron chi connectivity index (χ1n) is 9.55. The van der Waals surface area contributed by atoms with Gasteiger partial charge in [0, 0.05) is 36.9 Å². The molecule has 0 bridgehead atoms. The van der Waals surface area contributed by atoms with Gasteiger partial charge in [0.1, 0.15) is 4.88 Å². The van der Waals surface area contributed by atoms with Crippen LogP contribution in [0.2, 0.25) is 5.02 Å². The highest BCUT2D eigenvalue weighted by Gasteiger charge is 2.25. The van der Waals surface area contributed by atoms with Crippen molar-refractivity contribution in [3.05, 3.63) is 44.9 Å². The molecule has 1 aliphatic heterocycles. The van der Waals surface area contributed by atoms with Crippen LogP contribution in [0.15, 0.2) is 24.3 Å². The summed E-state index contributed by atoms with van der Waals surface area (Å²) >= 11 is 7.47. The number of thiazole rings is 1. The van der Waals surface area contributed by atoms with Crippen molar-refractivity contribution in [2.75, 3.05) is 31.5 Å². The van der Waals surface area contributed by atoms with Crippen molar-refractivity contribution >= 4 is 40.6 Å². The molecule has 0 aliphatic carbocycles. The quantitative estimate of drug-likeness (QED) is 0.795. The van der Waals surface area contributed by atoms with Crippen LogP contribution in [-0.2, 0) is 6.42 Å². The first kappa shape index (κ1) is 20.6. The van der Waals surface area contributed by atoms with E-state index in [1.165, 1.54) is 11.3 Å². The van der Waals surface area contributed by atoms with Crippen LogP contribution >= 0.6 is 22.9 Å². The standard InChI is InChI=1S/C20H25ClN4O2S/c1-3-6-17-22-14(2)18(28-17)19(26)24-9-5-10-25(12-11-24)20(27)23-16-8-4-7-15(21)13-16/h4,7-8,13H,3,5-6,9-12H2,1-2H3,(H,23,27). The number of carbonyl (C=O) groups is 2. The second-order valence-corrected chi connectivity index (χ2v) is 8.37.